The highest BCUT2D eigenvalue weighted by Gasteiger charge is 2.29. The first-order valence-corrected chi connectivity index (χ1v) is 9.12. The Labute approximate surface area is 144 Å². The second-order valence-corrected chi connectivity index (χ2v) is 6.83. The lowest BCUT2D eigenvalue weighted by molar-refractivity contribution is -0.135. The van der Waals surface area contributed by atoms with Crippen molar-refractivity contribution in [1.82, 2.24) is 4.90 Å². The molecular weight excluding hydrogens is 302 g/mol. The van der Waals surface area contributed by atoms with E-state index < -0.39 is 0 Å². The maximum absolute atomic E-state index is 12.9. The maximum atomic E-state index is 12.9. The molecule has 1 unspecified atom stereocenters. The number of nitrogens with zero attached hydrogens (tertiary/aromatic N) is 2. The molecular formula is C19H27N3O2. The van der Waals surface area contributed by atoms with Gasteiger partial charge in [-0.2, -0.15) is 0 Å². The van der Waals surface area contributed by atoms with Gasteiger partial charge in [0.05, 0.1) is 5.92 Å². The van der Waals surface area contributed by atoms with Crippen LogP contribution >= 0.6 is 0 Å². The maximum Gasteiger partial charge on any atom is 0.227 e. The van der Waals surface area contributed by atoms with Gasteiger partial charge in [-0.25, -0.2) is 0 Å². The summed E-state index contributed by atoms with van der Waals surface area (Å²) in [5.41, 5.74) is 1.92. The van der Waals surface area contributed by atoms with Gasteiger partial charge < -0.3 is 15.1 Å². The topological polar surface area (TPSA) is 52.7 Å². The lowest BCUT2D eigenvalue weighted by Gasteiger charge is -2.36. The molecule has 2 aliphatic rings. The van der Waals surface area contributed by atoms with E-state index in [-0.39, 0.29) is 5.92 Å². The van der Waals surface area contributed by atoms with E-state index in [0.717, 1.165) is 63.2 Å². The first kappa shape index (κ1) is 16.8. The summed E-state index contributed by atoms with van der Waals surface area (Å²) in [6.07, 6.45) is 7.53. The number of carbonyl (C=O) groups is 2. The van der Waals surface area contributed by atoms with E-state index in [1.165, 1.54) is 12.8 Å². The summed E-state index contributed by atoms with van der Waals surface area (Å²) < 4.78 is 0. The number of nitrogens with one attached hydrogen (secondary N) is 1. The van der Waals surface area contributed by atoms with Gasteiger partial charge in [0.25, 0.3) is 0 Å². The normalized spacial score (nSPS) is 21.9. The number of rotatable bonds is 4. The summed E-state index contributed by atoms with van der Waals surface area (Å²) in [6.45, 7) is 3.66. The van der Waals surface area contributed by atoms with Crippen molar-refractivity contribution in [3.8, 4) is 0 Å². The number of benzene rings is 1. The van der Waals surface area contributed by atoms with Gasteiger partial charge in [-0.1, -0.05) is 12.8 Å². The molecule has 5 nitrogen and oxygen atoms in total. The van der Waals surface area contributed by atoms with Crippen molar-refractivity contribution < 1.29 is 9.59 Å². The van der Waals surface area contributed by atoms with Crippen molar-refractivity contribution in [1.29, 1.82) is 0 Å². The van der Waals surface area contributed by atoms with Gasteiger partial charge in [0.1, 0.15) is 0 Å². The van der Waals surface area contributed by atoms with E-state index in [2.05, 4.69) is 15.1 Å². The number of piperidine rings is 1. The summed E-state index contributed by atoms with van der Waals surface area (Å²) in [5, 5.41) is 2.65. The summed E-state index contributed by atoms with van der Waals surface area (Å²) in [4.78, 5) is 27.8. The minimum atomic E-state index is 0.115. The Hall–Kier alpha value is -2.04. The number of anilines is 2. The number of likely N-dealkylation sites (tertiary alicyclic amines) is 1. The van der Waals surface area contributed by atoms with E-state index in [4.69, 9.17) is 0 Å². The monoisotopic (exact) mass is 329 g/mol. The van der Waals surface area contributed by atoms with E-state index in [9.17, 15) is 9.59 Å². The fraction of sp³-hybridized carbons (Fsp3) is 0.579. The molecule has 0 spiro atoms. The molecule has 2 saturated heterocycles. The van der Waals surface area contributed by atoms with Crippen molar-refractivity contribution in [2.24, 2.45) is 5.92 Å². The Balaban J connectivity index is 1.62. The van der Waals surface area contributed by atoms with Gasteiger partial charge in [0, 0.05) is 37.6 Å². The molecule has 24 heavy (non-hydrogen) atoms. The number of carbonyl (C=O) groups excluding carboxylic acids is 2. The van der Waals surface area contributed by atoms with Crippen LogP contribution in [0, 0.1) is 5.92 Å². The standard InChI is InChI=1S/C19H27N3O2/c23-15-20-17-7-9-18(10-8-17)22-13-5-6-16(14-22)19(24)21-11-3-1-2-4-12-21/h7-10,15-16H,1-6,11-14H2,(H,20,23). The molecule has 3 rings (SSSR count). The molecule has 0 aromatic heterocycles. The predicted octanol–water partition coefficient (Wildman–Crippen LogP) is 2.87. The van der Waals surface area contributed by atoms with Crippen LogP contribution in [-0.2, 0) is 9.59 Å². The van der Waals surface area contributed by atoms with Crippen LogP contribution in [0.1, 0.15) is 38.5 Å². The van der Waals surface area contributed by atoms with Gasteiger partial charge in [-0.3, -0.25) is 9.59 Å². The van der Waals surface area contributed by atoms with Gasteiger partial charge in [-0.05, 0) is 49.9 Å². The zero-order valence-electron chi connectivity index (χ0n) is 14.2. The second-order valence-electron chi connectivity index (χ2n) is 6.83. The summed E-state index contributed by atoms with van der Waals surface area (Å²) in [6, 6.07) is 7.85. The molecule has 0 saturated carbocycles. The Morgan fingerprint density at radius 2 is 1.71 bits per heavy atom. The fourth-order valence-electron chi connectivity index (χ4n) is 3.80. The highest BCUT2D eigenvalue weighted by molar-refractivity contribution is 5.80. The van der Waals surface area contributed by atoms with Crippen LogP contribution in [0.2, 0.25) is 0 Å². The Bertz CT molecular complexity index is 550. The Morgan fingerprint density at radius 1 is 1.00 bits per heavy atom. The molecule has 2 heterocycles. The third-order valence-corrected chi connectivity index (χ3v) is 5.15. The van der Waals surface area contributed by atoms with Crippen molar-refractivity contribution in [2.45, 2.75) is 38.5 Å². The lowest BCUT2D eigenvalue weighted by Crippen LogP contribution is -2.45. The van der Waals surface area contributed by atoms with Gasteiger partial charge in [0.15, 0.2) is 0 Å². The molecule has 2 amide bonds. The molecule has 130 valence electrons. The number of hydrogen-bond acceptors (Lipinski definition) is 3. The van der Waals surface area contributed by atoms with Crippen LogP contribution in [0.5, 0.6) is 0 Å². The molecule has 1 N–H and O–H groups in total. The molecule has 2 aliphatic heterocycles. The third-order valence-electron chi connectivity index (χ3n) is 5.15. The van der Waals surface area contributed by atoms with Crippen molar-refractivity contribution in [2.75, 3.05) is 36.4 Å². The Kier molecular flexibility index (Phi) is 5.72. The highest BCUT2D eigenvalue weighted by Crippen LogP contribution is 2.26. The van der Waals surface area contributed by atoms with Crippen molar-refractivity contribution in [3.63, 3.8) is 0 Å². The summed E-state index contributed by atoms with van der Waals surface area (Å²) >= 11 is 0. The van der Waals surface area contributed by atoms with Gasteiger partial charge in [-0.15, -0.1) is 0 Å². The summed E-state index contributed by atoms with van der Waals surface area (Å²) in [5.74, 6) is 0.463. The zero-order chi connectivity index (χ0) is 16.8. The van der Waals surface area contributed by atoms with Crippen LogP contribution in [-0.4, -0.2) is 43.4 Å². The van der Waals surface area contributed by atoms with Crippen LogP contribution < -0.4 is 10.2 Å². The molecule has 1 atom stereocenters. The van der Waals surface area contributed by atoms with E-state index in [1.54, 1.807) is 0 Å². The minimum Gasteiger partial charge on any atom is -0.371 e. The first-order valence-electron chi connectivity index (χ1n) is 9.12. The lowest BCUT2D eigenvalue weighted by atomic mass is 9.95. The average molecular weight is 329 g/mol. The molecule has 5 heteroatoms. The molecule has 1 aromatic rings. The second kappa shape index (κ2) is 8.18. The molecule has 2 fully saturated rings. The van der Waals surface area contributed by atoms with Crippen LogP contribution in [0.3, 0.4) is 0 Å². The summed E-state index contributed by atoms with van der Waals surface area (Å²) in [7, 11) is 0. The highest BCUT2D eigenvalue weighted by atomic mass is 16.2. The van der Waals surface area contributed by atoms with Crippen LogP contribution in [0.15, 0.2) is 24.3 Å². The molecule has 0 bridgehead atoms. The number of hydrogen-bond donors (Lipinski definition) is 1. The largest absolute Gasteiger partial charge is 0.371 e. The van der Waals surface area contributed by atoms with E-state index in [0.29, 0.717) is 12.3 Å². The third kappa shape index (κ3) is 4.08. The average Bonchev–Trinajstić information content (AvgIpc) is 2.91. The molecule has 0 aliphatic carbocycles. The first-order chi connectivity index (χ1) is 11.8. The fourth-order valence-corrected chi connectivity index (χ4v) is 3.80. The van der Waals surface area contributed by atoms with Gasteiger partial charge >= 0.3 is 0 Å². The van der Waals surface area contributed by atoms with Crippen molar-refractivity contribution in [3.05, 3.63) is 24.3 Å². The van der Waals surface area contributed by atoms with Crippen LogP contribution in [0.4, 0.5) is 11.4 Å². The molecule has 1 aromatic carbocycles. The number of amides is 2. The predicted molar refractivity (Wildman–Crippen MR) is 96.1 cm³/mol. The smallest absolute Gasteiger partial charge is 0.227 e. The zero-order valence-corrected chi connectivity index (χ0v) is 14.2. The molecule has 0 radical (unpaired) electrons. The SMILES string of the molecule is O=CNc1ccc(N2CCCC(C(=O)N3CCCCCC3)C2)cc1. The minimum absolute atomic E-state index is 0.115. The Morgan fingerprint density at radius 3 is 2.38 bits per heavy atom. The van der Waals surface area contributed by atoms with E-state index >= 15 is 0 Å². The van der Waals surface area contributed by atoms with E-state index in [1.807, 2.05) is 24.3 Å². The van der Waals surface area contributed by atoms with Gasteiger partial charge in [0.2, 0.25) is 12.3 Å². The quantitative estimate of drug-likeness (QED) is 0.864. The van der Waals surface area contributed by atoms with Crippen molar-refractivity contribution >= 4 is 23.7 Å². The van der Waals surface area contributed by atoms with Crippen LogP contribution in [0.25, 0.3) is 0 Å².